The van der Waals surface area contributed by atoms with E-state index in [0.717, 1.165) is 22.1 Å². The van der Waals surface area contributed by atoms with Crippen molar-refractivity contribution in [2.24, 2.45) is 0 Å². The first-order valence-electron chi connectivity index (χ1n) is 9.53. The van der Waals surface area contributed by atoms with Gasteiger partial charge in [0.25, 0.3) is 0 Å². The highest BCUT2D eigenvalue weighted by atomic mass is 35.5. The van der Waals surface area contributed by atoms with E-state index in [4.69, 9.17) is 17.3 Å². The van der Waals surface area contributed by atoms with Crippen LogP contribution in [0.3, 0.4) is 0 Å². The Bertz CT molecular complexity index is 1160. The number of aromatic nitrogens is 6. The molecule has 0 aliphatic heterocycles. The van der Waals surface area contributed by atoms with E-state index in [1.165, 1.54) is 11.8 Å². The van der Waals surface area contributed by atoms with Gasteiger partial charge >= 0.3 is 0 Å². The molecule has 0 aliphatic carbocycles. The number of hydrogen-bond donors (Lipinski definition) is 1. The lowest BCUT2D eigenvalue weighted by Crippen LogP contribution is -2.16. The Kier molecular flexibility index (Phi) is 6.34. The molecule has 8 nitrogen and oxygen atoms in total. The second-order valence-electron chi connectivity index (χ2n) is 6.98. The Balaban J connectivity index is 1.65. The van der Waals surface area contributed by atoms with Crippen molar-refractivity contribution in [2.45, 2.75) is 17.5 Å². The Morgan fingerprint density at radius 2 is 1.71 bits per heavy atom. The molecule has 0 amide bonds. The molecule has 0 saturated heterocycles. The molecule has 2 aromatic carbocycles. The summed E-state index contributed by atoms with van der Waals surface area (Å²) in [5, 5.41) is 10.3. The second kappa shape index (κ2) is 9.32. The average Bonchev–Trinajstić information content (AvgIpc) is 3.15. The van der Waals surface area contributed by atoms with Crippen LogP contribution in [0.5, 0.6) is 0 Å². The van der Waals surface area contributed by atoms with Crippen molar-refractivity contribution in [2.75, 3.05) is 24.7 Å². The van der Waals surface area contributed by atoms with Crippen molar-refractivity contribution >= 4 is 35.3 Å². The van der Waals surface area contributed by atoms with Gasteiger partial charge in [0.05, 0.1) is 12.3 Å². The third kappa shape index (κ3) is 5.12. The van der Waals surface area contributed by atoms with Crippen molar-refractivity contribution < 1.29 is 0 Å². The van der Waals surface area contributed by atoms with Crippen LogP contribution in [0.1, 0.15) is 11.4 Å². The number of nitrogens with two attached hydrogens (primary N) is 1. The molecule has 0 unspecified atom stereocenters. The zero-order chi connectivity index (χ0) is 21.8. The molecule has 2 heterocycles. The first-order chi connectivity index (χ1) is 15.0. The first-order valence-corrected chi connectivity index (χ1v) is 10.9. The molecule has 2 aromatic heterocycles. The van der Waals surface area contributed by atoms with Gasteiger partial charge in [-0.25, -0.2) is 0 Å². The first kappa shape index (κ1) is 21.1. The van der Waals surface area contributed by atoms with Crippen molar-refractivity contribution in [3.63, 3.8) is 0 Å². The summed E-state index contributed by atoms with van der Waals surface area (Å²) in [6.07, 6.45) is 0. The van der Waals surface area contributed by atoms with E-state index >= 15 is 0 Å². The Morgan fingerprint density at radius 1 is 0.968 bits per heavy atom. The zero-order valence-electron chi connectivity index (χ0n) is 17.1. The number of benzene rings is 2. The van der Waals surface area contributed by atoms with Crippen LogP contribution in [-0.2, 0) is 12.3 Å². The number of anilines is 2. The predicted molar refractivity (Wildman–Crippen MR) is 124 cm³/mol. The fourth-order valence-electron chi connectivity index (χ4n) is 2.94. The SMILES string of the molecule is CN(C)c1nc(N)nc(CSc2nnc(-c3ccc(Cl)cc3)n2Cc2ccccc2)n1. The van der Waals surface area contributed by atoms with E-state index in [0.29, 0.717) is 29.1 Å². The molecule has 0 bridgehead atoms. The van der Waals surface area contributed by atoms with Gasteiger partial charge in [0.2, 0.25) is 11.9 Å². The highest BCUT2D eigenvalue weighted by Gasteiger charge is 2.16. The fourth-order valence-corrected chi connectivity index (χ4v) is 3.85. The summed E-state index contributed by atoms with van der Waals surface area (Å²) < 4.78 is 2.08. The Morgan fingerprint density at radius 3 is 2.42 bits per heavy atom. The van der Waals surface area contributed by atoms with E-state index in [-0.39, 0.29) is 5.95 Å². The molecule has 0 spiro atoms. The van der Waals surface area contributed by atoms with Crippen molar-refractivity contribution in [1.82, 2.24) is 29.7 Å². The topological polar surface area (TPSA) is 98.6 Å². The minimum Gasteiger partial charge on any atom is -0.368 e. The molecule has 0 atom stereocenters. The quantitative estimate of drug-likeness (QED) is 0.423. The van der Waals surface area contributed by atoms with Gasteiger partial charge in [-0.3, -0.25) is 4.57 Å². The standard InChI is InChI=1S/C21H21ClN8S/c1-29(2)20-25-17(24-19(23)26-20)13-31-21-28-27-18(15-8-10-16(22)11-9-15)30(21)12-14-6-4-3-5-7-14/h3-11H,12-13H2,1-2H3,(H2,23,24,25,26). The number of nitrogen functional groups attached to an aromatic ring is 1. The molecule has 0 fully saturated rings. The Hall–Kier alpha value is -3.17. The summed E-state index contributed by atoms with van der Waals surface area (Å²) >= 11 is 7.56. The number of nitrogens with zero attached hydrogens (tertiary/aromatic N) is 7. The van der Waals surface area contributed by atoms with Crippen LogP contribution >= 0.6 is 23.4 Å². The maximum absolute atomic E-state index is 6.06. The van der Waals surface area contributed by atoms with Gasteiger partial charge in [0, 0.05) is 24.7 Å². The summed E-state index contributed by atoms with van der Waals surface area (Å²) in [7, 11) is 3.72. The van der Waals surface area contributed by atoms with Gasteiger partial charge in [0.1, 0.15) is 5.82 Å². The highest BCUT2D eigenvalue weighted by molar-refractivity contribution is 7.98. The molecule has 4 rings (SSSR count). The zero-order valence-corrected chi connectivity index (χ0v) is 18.7. The minimum atomic E-state index is 0.196. The number of hydrogen-bond acceptors (Lipinski definition) is 8. The van der Waals surface area contributed by atoms with E-state index < -0.39 is 0 Å². The third-order valence-corrected chi connectivity index (χ3v) is 5.64. The van der Waals surface area contributed by atoms with Crippen LogP contribution in [0.25, 0.3) is 11.4 Å². The van der Waals surface area contributed by atoms with Crippen LogP contribution in [-0.4, -0.2) is 43.8 Å². The van der Waals surface area contributed by atoms with Crippen molar-refractivity contribution in [3.8, 4) is 11.4 Å². The summed E-state index contributed by atoms with van der Waals surface area (Å²) in [5.41, 5.74) is 7.94. The van der Waals surface area contributed by atoms with Crippen LogP contribution < -0.4 is 10.6 Å². The molecule has 0 saturated carbocycles. The van der Waals surface area contributed by atoms with Gasteiger partial charge < -0.3 is 10.6 Å². The lowest BCUT2D eigenvalue weighted by molar-refractivity contribution is 0.714. The van der Waals surface area contributed by atoms with Crippen LogP contribution in [0.4, 0.5) is 11.9 Å². The monoisotopic (exact) mass is 452 g/mol. The lowest BCUT2D eigenvalue weighted by Gasteiger charge is -2.12. The summed E-state index contributed by atoms with van der Waals surface area (Å²) in [5.74, 6) is 2.56. The summed E-state index contributed by atoms with van der Waals surface area (Å²) in [6.45, 7) is 0.635. The van der Waals surface area contributed by atoms with Gasteiger partial charge in [-0.2, -0.15) is 15.0 Å². The summed E-state index contributed by atoms with van der Waals surface area (Å²) in [6, 6.07) is 17.8. The number of thioether (sulfide) groups is 1. The number of halogens is 1. The third-order valence-electron chi connectivity index (χ3n) is 4.42. The van der Waals surface area contributed by atoms with Gasteiger partial charge in [-0.1, -0.05) is 53.7 Å². The van der Waals surface area contributed by atoms with Crippen molar-refractivity contribution in [1.29, 1.82) is 0 Å². The van der Waals surface area contributed by atoms with E-state index in [1.807, 2.05) is 56.6 Å². The molecule has 31 heavy (non-hydrogen) atoms. The number of rotatable bonds is 7. The van der Waals surface area contributed by atoms with Gasteiger partial charge in [-0.05, 0) is 29.8 Å². The molecule has 0 aliphatic rings. The Labute approximate surface area is 189 Å². The van der Waals surface area contributed by atoms with Gasteiger partial charge in [-0.15, -0.1) is 10.2 Å². The van der Waals surface area contributed by atoms with E-state index in [2.05, 4.69) is 41.8 Å². The smallest absolute Gasteiger partial charge is 0.229 e. The van der Waals surface area contributed by atoms with E-state index in [1.54, 1.807) is 4.90 Å². The fraction of sp³-hybridized carbons (Fsp3) is 0.190. The average molecular weight is 453 g/mol. The molecule has 158 valence electrons. The van der Waals surface area contributed by atoms with Crippen molar-refractivity contribution in [3.05, 3.63) is 71.0 Å². The maximum atomic E-state index is 6.06. The minimum absolute atomic E-state index is 0.196. The largest absolute Gasteiger partial charge is 0.368 e. The maximum Gasteiger partial charge on any atom is 0.229 e. The molecule has 10 heteroatoms. The van der Waals surface area contributed by atoms with E-state index in [9.17, 15) is 0 Å². The van der Waals surface area contributed by atoms with Crippen LogP contribution in [0, 0.1) is 0 Å². The highest BCUT2D eigenvalue weighted by Crippen LogP contribution is 2.28. The second-order valence-corrected chi connectivity index (χ2v) is 8.36. The lowest BCUT2D eigenvalue weighted by atomic mass is 10.2. The van der Waals surface area contributed by atoms with Gasteiger partial charge in [0.15, 0.2) is 11.0 Å². The predicted octanol–water partition coefficient (Wildman–Crippen LogP) is 3.77. The molecule has 4 aromatic rings. The molecular weight excluding hydrogens is 432 g/mol. The summed E-state index contributed by atoms with van der Waals surface area (Å²) in [4.78, 5) is 14.7. The molecule has 0 radical (unpaired) electrons. The van der Waals surface area contributed by atoms with Crippen LogP contribution in [0.2, 0.25) is 5.02 Å². The normalized spacial score (nSPS) is 10.9. The van der Waals surface area contributed by atoms with Crippen LogP contribution in [0.15, 0.2) is 59.8 Å². The molecule has 2 N–H and O–H groups in total. The molecular formula is C21H21ClN8S.